The molecule has 0 radical (unpaired) electrons. The van der Waals surface area contributed by atoms with Gasteiger partial charge in [0.2, 0.25) is 0 Å². The SMILES string of the molecule is NCc1ccc([C@H]2CC[C@H]([C@H]3CC[C@H](C4COC4=O)CC3)CC2)cc1. The van der Waals surface area contributed by atoms with E-state index < -0.39 is 0 Å². The molecule has 136 valence electrons. The third kappa shape index (κ3) is 3.62. The Labute approximate surface area is 151 Å². The molecule has 0 spiro atoms. The van der Waals surface area contributed by atoms with Gasteiger partial charge in [-0.05, 0) is 86.2 Å². The van der Waals surface area contributed by atoms with Crippen LogP contribution in [0.2, 0.25) is 0 Å². The quantitative estimate of drug-likeness (QED) is 0.826. The second-order valence-electron chi connectivity index (χ2n) is 8.47. The third-order valence-corrected chi connectivity index (χ3v) is 7.22. The molecule has 2 saturated carbocycles. The zero-order valence-electron chi connectivity index (χ0n) is 15.2. The highest BCUT2D eigenvalue weighted by Gasteiger charge is 2.40. The highest BCUT2D eigenvalue weighted by atomic mass is 16.6. The highest BCUT2D eigenvalue weighted by molar-refractivity contribution is 5.77. The monoisotopic (exact) mass is 341 g/mol. The molecule has 25 heavy (non-hydrogen) atoms. The number of hydrogen-bond acceptors (Lipinski definition) is 3. The molecule has 1 unspecified atom stereocenters. The van der Waals surface area contributed by atoms with Gasteiger partial charge in [-0.25, -0.2) is 0 Å². The molecule has 2 aliphatic carbocycles. The molecule has 1 saturated heterocycles. The fourth-order valence-electron chi connectivity index (χ4n) is 5.44. The molecule has 1 heterocycles. The van der Waals surface area contributed by atoms with E-state index in [2.05, 4.69) is 24.3 Å². The van der Waals surface area contributed by atoms with Gasteiger partial charge in [-0.1, -0.05) is 24.3 Å². The van der Waals surface area contributed by atoms with Crippen LogP contribution in [0.5, 0.6) is 0 Å². The second-order valence-corrected chi connectivity index (χ2v) is 8.47. The average molecular weight is 341 g/mol. The van der Waals surface area contributed by atoms with E-state index in [-0.39, 0.29) is 11.9 Å². The van der Waals surface area contributed by atoms with Gasteiger partial charge in [0.15, 0.2) is 0 Å². The van der Waals surface area contributed by atoms with Crippen LogP contribution >= 0.6 is 0 Å². The maximum absolute atomic E-state index is 11.5. The van der Waals surface area contributed by atoms with Crippen LogP contribution in [0, 0.1) is 23.7 Å². The summed E-state index contributed by atoms with van der Waals surface area (Å²) in [6.07, 6.45) is 10.6. The fraction of sp³-hybridized carbons (Fsp3) is 0.682. The van der Waals surface area contributed by atoms with Crippen molar-refractivity contribution in [3.8, 4) is 0 Å². The lowest BCUT2D eigenvalue weighted by molar-refractivity contribution is -0.174. The summed E-state index contributed by atoms with van der Waals surface area (Å²) in [6.45, 7) is 1.32. The smallest absolute Gasteiger partial charge is 0.312 e. The highest BCUT2D eigenvalue weighted by Crippen LogP contribution is 2.45. The molecule has 3 aliphatic rings. The van der Waals surface area contributed by atoms with Crippen molar-refractivity contribution < 1.29 is 9.53 Å². The number of carbonyl (C=O) groups excluding carboxylic acids is 1. The maximum Gasteiger partial charge on any atom is 0.312 e. The average Bonchev–Trinajstić information content (AvgIpc) is 2.68. The summed E-state index contributed by atoms with van der Waals surface area (Å²) in [5.41, 5.74) is 8.43. The van der Waals surface area contributed by atoms with E-state index in [1.54, 1.807) is 0 Å². The van der Waals surface area contributed by atoms with E-state index in [0.29, 0.717) is 19.1 Å². The molecule has 1 aliphatic heterocycles. The van der Waals surface area contributed by atoms with Crippen LogP contribution in [0.25, 0.3) is 0 Å². The Balaban J connectivity index is 1.25. The molecule has 3 fully saturated rings. The number of ether oxygens (including phenoxy) is 1. The Hall–Kier alpha value is -1.35. The van der Waals surface area contributed by atoms with Crippen LogP contribution < -0.4 is 5.73 Å². The Bertz CT molecular complexity index is 581. The van der Waals surface area contributed by atoms with Crippen molar-refractivity contribution in [2.75, 3.05) is 6.61 Å². The van der Waals surface area contributed by atoms with Crippen LogP contribution in [-0.2, 0) is 16.1 Å². The van der Waals surface area contributed by atoms with Crippen molar-refractivity contribution in [1.82, 2.24) is 0 Å². The van der Waals surface area contributed by atoms with Gasteiger partial charge < -0.3 is 10.5 Å². The normalized spacial score (nSPS) is 35.7. The van der Waals surface area contributed by atoms with Crippen LogP contribution in [-0.4, -0.2) is 12.6 Å². The van der Waals surface area contributed by atoms with Gasteiger partial charge in [-0.2, -0.15) is 0 Å². The Morgan fingerprint density at radius 1 is 0.840 bits per heavy atom. The lowest BCUT2D eigenvalue weighted by Gasteiger charge is -2.41. The van der Waals surface area contributed by atoms with E-state index in [1.165, 1.54) is 62.5 Å². The summed E-state index contributed by atoms with van der Waals surface area (Å²) in [5, 5.41) is 0. The van der Waals surface area contributed by atoms with Crippen LogP contribution in [0.3, 0.4) is 0 Å². The third-order valence-electron chi connectivity index (χ3n) is 7.22. The van der Waals surface area contributed by atoms with Crippen molar-refractivity contribution in [2.45, 2.75) is 63.8 Å². The van der Waals surface area contributed by atoms with E-state index in [9.17, 15) is 4.79 Å². The second kappa shape index (κ2) is 7.49. The first-order valence-corrected chi connectivity index (χ1v) is 10.2. The Kier molecular flexibility index (Phi) is 5.12. The molecule has 2 N–H and O–H groups in total. The molecule has 4 rings (SSSR count). The molecular weight excluding hydrogens is 310 g/mol. The van der Waals surface area contributed by atoms with Crippen LogP contribution in [0.1, 0.15) is 68.4 Å². The maximum atomic E-state index is 11.5. The van der Waals surface area contributed by atoms with Crippen molar-refractivity contribution >= 4 is 5.97 Å². The lowest BCUT2D eigenvalue weighted by atomic mass is 9.66. The van der Waals surface area contributed by atoms with Gasteiger partial charge in [0.1, 0.15) is 6.61 Å². The van der Waals surface area contributed by atoms with Crippen molar-refractivity contribution in [2.24, 2.45) is 29.4 Å². The van der Waals surface area contributed by atoms with Crippen LogP contribution in [0.15, 0.2) is 24.3 Å². The van der Waals surface area contributed by atoms with E-state index in [1.807, 2.05) is 0 Å². The zero-order chi connectivity index (χ0) is 17.2. The first-order chi connectivity index (χ1) is 12.2. The summed E-state index contributed by atoms with van der Waals surface area (Å²) in [7, 11) is 0. The molecule has 3 heteroatoms. The standard InChI is InChI=1S/C22H31NO2/c23-13-15-1-3-16(4-2-15)17-5-7-18(8-6-17)19-9-11-20(12-10-19)21-14-25-22(21)24/h1-4,17-21H,5-14,23H2/t17-,18-,19-,20-,21?. The van der Waals surface area contributed by atoms with Gasteiger partial charge in [0.05, 0.1) is 5.92 Å². The Morgan fingerprint density at radius 3 is 1.88 bits per heavy atom. The molecular formula is C22H31NO2. The van der Waals surface area contributed by atoms with Gasteiger partial charge in [0.25, 0.3) is 0 Å². The number of hydrogen-bond donors (Lipinski definition) is 1. The fourth-order valence-corrected chi connectivity index (χ4v) is 5.44. The predicted octanol–water partition coefficient (Wildman–Crippen LogP) is 4.40. The topological polar surface area (TPSA) is 52.3 Å². The summed E-state index contributed by atoms with van der Waals surface area (Å²) >= 11 is 0. The number of rotatable bonds is 4. The number of nitrogens with two attached hydrogens (primary N) is 1. The van der Waals surface area contributed by atoms with E-state index in [0.717, 1.165) is 17.8 Å². The molecule has 1 aromatic carbocycles. The first-order valence-electron chi connectivity index (χ1n) is 10.2. The minimum absolute atomic E-state index is 0.0598. The molecule has 1 atom stereocenters. The minimum atomic E-state index is 0.0598. The summed E-state index contributed by atoms with van der Waals surface area (Å²) in [5.74, 6) is 3.44. The van der Waals surface area contributed by atoms with Gasteiger partial charge in [0, 0.05) is 6.54 Å². The lowest BCUT2D eigenvalue weighted by Crippen LogP contribution is -2.42. The van der Waals surface area contributed by atoms with Gasteiger partial charge in [-0.15, -0.1) is 0 Å². The Morgan fingerprint density at radius 2 is 1.40 bits per heavy atom. The number of esters is 1. The van der Waals surface area contributed by atoms with Gasteiger partial charge >= 0.3 is 5.97 Å². The van der Waals surface area contributed by atoms with Crippen molar-refractivity contribution in [3.05, 3.63) is 35.4 Å². The molecule has 1 aromatic rings. The molecule has 0 amide bonds. The molecule has 3 nitrogen and oxygen atoms in total. The first kappa shape index (κ1) is 17.1. The van der Waals surface area contributed by atoms with Crippen molar-refractivity contribution in [1.29, 1.82) is 0 Å². The zero-order valence-corrected chi connectivity index (χ0v) is 15.2. The summed E-state index contributed by atoms with van der Waals surface area (Å²) < 4.78 is 4.96. The number of carbonyl (C=O) groups is 1. The van der Waals surface area contributed by atoms with Gasteiger partial charge in [-0.3, -0.25) is 4.79 Å². The predicted molar refractivity (Wildman–Crippen MR) is 98.9 cm³/mol. The molecule has 0 aromatic heterocycles. The molecule has 0 bridgehead atoms. The van der Waals surface area contributed by atoms with E-state index >= 15 is 0 Å². The number of benzene rings is 1. The minimum Gasteiger partial charge on any atom is -0.464 e. The van der Waals surface area contributed by atoms with E-state index in [4.69, 9.17) is 10.5 Å². The van der Waals surface area contributed by atoms with Crippen LogP contribution in [0.4, 0.5) is 0 Å². The largest absolute Gasteiger partial charge is 0.464 e. The van der Waals surface area contributed by atoms with Crippen molar-refractivity contribution in [3.63, 3.8) is 0 Å². The summed E-state index contributed by atoms with van der Waals surface area (Å²) in [4.78, 5) is 11.5. The summed E-state index contributed by atoms with van der Waals surface area (Å²) in [6, 6.07) is 8.95. The number of cyclic esters (lactones) is 1.